The Morgan fingerprint density at radius 2 is 2.64 bits per heavy atom. The fraction of sp³-hybridized carbons (Fsp3) is 0.333. The van der Waals surface area contributed by atoms with Crippen molar-refractivity contribution in [2.45, 2.75) is 6.92 Å². The van der Waals surface area contributed by atoms with E-state index in [2.05, 4.69) is 10.3 Å². The predicted molar refractivity (Wildman–Crippen MR) is 44.5 cm³/mol. The molecule has 0 aromatic carbocycles. The molecule has 0 atom stereocenters. The Kier molecular flexibility index (Phi) is 2.43. The van der Waals surface area contributed by atoms with E-state index in [0.29, 0.717) is 17.2 Å². The molecule has 0 saturated heterocycles. The van der Waals surface area contributed by atoms with E-state index in [4.69, 9.17) is 5.73 Å². The minimum absolute atomic E-state index is 0.146. The van der Waals surface area contributed by atoms with E-state index in [-0.39, 0.29) is 5.91 Å². The van der Waals surface area contributed by atoms with Gasteiger partial charge in [-0.3, -0.25) is 4.79 Å². The number of rotatable bonds is 2. The SMILES string of the molecule is CCNC(=O)c1scnc1N. The number of nitrogens with one attached hydrogen (secondary N) is 1. The number of anilines is 1. The molecule has 0 radical (unpaired) electrons. The summed E-state index contributed by atoms with van der Waals surface area (Å²) in [6.45, 7) is 2.46. The van der Waals surface area contributed by atoms with Gasteiger partial charge < -0.3 is 11.1 Å². The lowest BCUT2D eigenvalue weighted by Gasteiger charge is -1.97. The third-order valence-corrected chi connectivity index (χ3v) is 1.98. The molecule has 0 aliphatic carbocycles. The van der Waals surface area contributed by atoms with E-state index in [0.717, 1.165) is 0 Å². The van der Waals surface area contributed by atoms with Gasteiger partial charge in [-0.05, 0) is 6.92 Å². The molecule has 1 heterocycles. The second-order valence-electron chi connectivity index (χ2n) is 1.93. The topological polar surface area (TPSA) is 68.0 Å². The zero-order valence-corrected chi connectivity index (χ0v) is 6.94. The number of amides is 1. The molecule has 0 unspecified atom stereocenters. The highest BCUT2D eigenvalue weighted by atomic mass is 32.1. The summed E-state index contributed by atoms with van der Waals surface area (Å²) in [5.41, 5.74) is 6.97. The number of carbonyl (C=O) groups is 1. The number of carbonyl (C=O) groups excluding carboxylic acids is 1. The Hall–Kier alpha value is -1.10. The first kappa shape index (κ1) is 8.00. The van der Waals surface area contributed by atoms with Crippen LogP contribution in [0.1, 0.15) is 16.6 Å². The lowest BCUT2D eigenvalue weighted by Crippen LogP contribution is -2.22. The van der Waals surface area contributed by atoms with Gasteiger partial charge in [0.05, 0.1) is 5.51 Å². The van der Waals surface area contributed by atoms with Crippen molar-refractivity contribution < 1.29 is 4.79 Å². The van der Waals surface area contributed by atoms with Gasteiger partial charge in [-0.25, -0.2) is 4.98 Å². The highest BCUT2D eigenvalue weighted by molar-refractivity contribution is 7.12. The molecule has 0 spiro atoms. The third-order valence-electron chi connectivity index (χ3n) is 1.14. The van der Waals surface area contributed by atoms with Crippen molar-refractivity contribution in [3.8, 4) is 0 Å². The highest BCUT2D eigenvalue weighted by Crippen LogP contribution is 2.13. The molecule has 0 fully saturated rings. The van der Waals surface area contributed by atoms with Crippen LogP contribution < -0.4 is 11.1 Å². The number of aromatic nitrogens is 1. The van der Waals surface area contributed by atoms with E-state index in [9.17, 15) is 4.79 Å². The highest BCUT2D eigenvalue weighted by Gasteiger charge is 2.10. The van der Waals surface area contributed by atoms with Gasteiger partial charge in [0.2, 0.25) is 0 Å². The van der Waals surface area contributed by atoms with Gasteiger partial charge in [0.25, 0.3) is 5.91 Å². The van der Waals surface area contributed by atoms with Gasteiger partial charge in [0.15, 0.2) is 0 Å². The zero-order chi connectivity index (χ0) is 8.27. The maximum absolute atomic E-state index is 11.1. The van der Waals surface area contributed by atoms with E-state index >= 15 is 0 Å². The van der Waals surface area contributed by atoms with Crippen LogP contribution in [0.25, 0.3) is 0 Å². The van der Waals surface area contributed by atoms with Crippen LogP contribution >= 0.6 is 11.3 Å². The molecule has 1 amide bonds. The molecule has 5 heteroatoms. The number of nitrogens with zero attached hydrogens (tertiary/aromatic N) is 1. The van der Waals surface area contributed by atoms with Gasteiger partial charge in [0.1, 0.15) is 10.7 Å². The summed E-state index contributed by atoms with van der Waals surface area (Å²) < 4.78 is 0. The van der Waals surface area contributed by atoms with Gasteiger partial charge >= 0.3 is 0 Å². The standard InChI is InChI=1S/C6H9N3OS/c1-2-8-6(10)4-5(7)9-3-11-4/h3H,2,7H2,1H3,(H,8,10). The number of nitrogen functional groups attached to an aromatic ring is 1. The van der Waals surface area contributed by atoms with Gasteiger partial charge in [-0.15, -0.1) is 11.3 Å². The number of hydrogen-bond acceptors (Lipinski definition) is 4. The number of thiazole rings is 1. The maximum atomic E-state index is 11.1. The average molecular weight is 171 g/mol. The van der Waals surface area contributed by atoms with Crippen LogP contribution in [0.3, 0.4) is 0 Å². The van der Waals surface area contributed by atoms with Crippen molar-refractivity contribution in [1.29, 1.82) is 0 Å². The fourth-order valence-corrected chi connectivity index (χ4v) is 1.29. The second-order valence-corrected chi connectivity index (χ2v) is 2.78. The smallest absolute Gasteiger partial charge is 0.265 e. The third kappa shape index (κ3) is 1.68. The van der Waals surface area contributed by atoms with E-state index in [1.54, 1.807) is 5.51 Å². The van der Waals surface area contributed by atoms with Crippen LogP contribution in [0.15, 0.2) is 5.51 Å². The van der Waals surface area contributed by atoms with Gasteiger partial charge in [0, 0.05) is 6.54 Å². The monoisotopic (exact) mass is 171 g/mol. The van der Waals surface area contributed by atoms with E-state index < -0.39 is 0 Å². The van der Waals surface area contributed by atoms with Crippen molar-refractivity contribution in [1.82, 2.24) is 10.3 Å². The Labute approximate surface area is 68.4 Å². The lowest BCUT2D eigenvalue weighted by molar-refractivity contribution is 0.0960. The molecule has 3 N–H and O–H groups in total. The van der Waals surface area contributed by atoms with Crippen molar-refractivity contribution in [3.63, 3.8) is 0 Å². The molecule has 1 aromatic rings. The van der Waals surface area contributed by atoms with Gasteiger partial charge in [-0.2, -0.15) is 0 Å². The summed E-state index contributed by atoms with van der Waals surface area (Å²) in [5, 5.41) is 2.64. The first-order chi connectivity index (χ1) is 5.25. The Bertz CT molecular complexity index is 258. The van der Waals surface area contributed by atoms with Crippen molar-refractivity contribution in [3.05, 3.63) is 10.4 Å². The molecule has 60 valence electrons. The van der Waals surface area contributed by atoms with Crippen LogP contribution in [0, 0.1) is 0 Å². The zero-order valence-electron chi connectivity index (χ0n) is 6.13. The van der Waals surface area contributed by atoms with Crippen molar-refractivity contribution in [2.24, 2.45) is 0 Å². The normalized spacial score (nSPS) is 9.55. The first-order valence-electron chi connectivity index (χ1n) is 3.23. The molecule has 0 aliphatic heterocycles. The van der Waals surface area contributed by atoms with Crippen LogP contribution in [0.5, 0.6) is 0 Å². The number of hydrogen-bond donors (Lipinski definition) is 2. The average Bonchev–Trinajstić information content (AvgIpc) is 2.36. The molecule has 1 rings (SSSR count). The maximum Gasteiger partial charge on any atom is 0.265 e. The molecular weight excluding hydrogens is 162 g/mol. The summed E-state index contributed by atoms with van der Waals surface area (Å²) in [4.78, 5) is 15.4. The second kappa shape index (κ2) is 3.34. The van der Waals surface area contributed by atoms with E-state index in [1.807, 2.05) is 6.92 Å². The minimum Gasteiger partial charge on any atom is -0.382 e. The molecule has 0 bridgehead atoms. The molecule has 1 aromatic heterocycles. The Morgan fingerprint density at radius 3 is 3.09 bits per heavy atom. The van der Waals surface area contributed by atoms with Crippen LogP contribution in [-0.4, -0.2) is 17.4 Å². The van der Waals surface area contributed by atoms with Crippen LogP contribution in [-0.2, 0) is 0 Å². The van der Waals surface area contributed by atoms with Crippen LogP contribution in [0.4, 0.5) is 5.82 Å². The molecule has 0 saturated carbocycles. The van der Waals surface area contributed by atoms with Crippen LogP contribution in [0.2, 0.25) is 0 Å². The summed E-state index contributed by atoms with van der Waals surface area (Å²) in [6.07, 6.45) is 0. The largest absolute Gasteiger partial charge is 0.382 e. The van der Waals surface area contributed by atoms with Gasteiger partial charge in [-0.1, -0.05) is 0 Å². The summed E-state index contributed by atoms with van der Waals surface area (Å²) in [6, 6.07) is 0. The minimum atomic E-state index is -0.146. The van der Waals surface area contributed by atoms with Crippen molar-refractivity contribution >= 4 is 23.1 Å². The Morgan fingerprint density at radius 1 is 1.91 bits per heavy atom. The fourth-order valence-electron chi connectivity index (χ4n) is 0.666. The van der Waals surface area contributed by atoms with Crippen molar-refractivity contribution in [2.75, 3.05) is 12.3 Å². The summed E-state index contributed by atoms with van der Waals surface area (Å²) in [5.74, 6) is 0.161. The number of nitrogens with two attached hydrogens (primary N) is 1. The van der Waals surface area contributed by atoms with E-state index in [1.165, 1.54) is 11.3 Å². The first-order valence-corrected chi connectivity index (χ1v) is 4.10. The quantitative estimate of drug-likeness (QED) is 0.679. The molecule has 4 nitrogen and oxygen atoms in total. The lowest BCUT2D eigenvalue weighted by atomic mass is 10.4. The Balaban J connectivity index is 2.76. The summed E-state index contributed by atoms with van der Waals surface area (Å²) >= 11 is 1.25. The predicted octanol–water partition coefficient (Wildman–Crippen LogP) is 0.475. The summed E-state index contributed by atoms with van der Waals surface area (Å²) in [7, 11) is 0. The molecule has 0 aliphatic rings. The molecule has 11 heavy (non-hydrogen) atoms. The molecular formula is C6H9N3OS.